The number of carbonyl (C=O) groups excluding carboxylic acids is 1. The Kier molecular flexibility index (Phi) is 6.18. The predicted molar refractivity (Wildman–Crippen MR) is 108 cm³/mol. The first-order valence-corrected chi connectivity index (χ1v) is 9.76. The van der Waals surface area contributed by atoms with Crippen LogP contribution in [0.1, 0.15) is 37.3 Å². The van der Waals surface area contributed by atoms with Gasteiger partial charge in [-0.15, -0.1) is 0 Å². The summed E-state index contributed by atoms with van der Waals surface area (Å²) in [6.45, 7) is 6.20. The third-order valence-corrected chi connectivity index (χ3v) is 5.82. The quantitative estimate of drug-likeness (QED) is 0.803. The van der Waals surface area contributed by atoms with E-state index in [1.54, 1.807) is 0 Å². The fraction of sp³-hybridized carbons (Fsp3) is 0.409. The summed E-state index contributed by atoms with van der Waals surface area (Å²) in [6, 6.07) is 14.1. The summed E-state index contributed by atoms with van der Waals surface area (Å²) in [5.41, 5.74) is 1.42. The number of halogens is 2. The summed E-state index contributed by atoms with van der Waals surface area (Å²) >= 11 is 5.96. The van der Waals surface area contributed by atoms with Crippen LogP contribution in [0.4, 0.5) is 4.39 Å². The number of amides is 1. The van der Waals surface area contributed by atoms with E-state index in [9.17, 15) is 9.18 Å². The first kappa shape index (κ1) is 19.8. The van der Waals surface area contributed by atoms with E-state index in [2.05, 4.69) is 10.6 Å². The molecule has 1 fully saturated rings. The van der Waals surface area contributed by atoms with Crippen LogP contribution in [0.15, 0.2) is 48.5 Å². The largest absolute Gasteiger partial charge is 0.355 e. The van der Waals surface area contributed by atoms with E-state index in [0.717, 1.165) is 30.6 Å². The van der Waals surface area contributed by atoms with Gasteiger partial charge in [0.1, 0.15) is 5.82 Å². The summed E-state index contributed by atoms with van der Waals surface area (Å²) in [5.74, 6) is 0.357. The van der Waals surface area contributed by atoms with Crippen molar-refractivity contribution in [3.05, 3.63) is 70.5 Å². The number of piperidine rings is 1. The molecule has 1 aliphatic rings. The molecule has 2 aromatic carbocycles. The van der Waals surface area contributed by atoms with Crippen molar-refractivity contribution < 1.29 is 9.18 Å². The molecule has 0 unspecified atom stereocenters. The molecule has 0 radical (unpaired) electrons. The molecule has 0 aliphatic carbocycles. The van der Waals surface area contributed by atoms with Crippen LogP contribution in [0.2, 0.25) is 5.02 Å². The van der Waals surface area contributed by atoms with Crippen molar-refractivity contribution in [3.63, 3.8) is 0 Å². The van der Waals surface area contributed by atoms with Gasteiger partial charge in [0.2, 0.25) is 5.91 Å². The van der Waals surface area contributed by atoms with Gasteiger partial charge in [-0.1, -0.05) is 35.9 Å². The molecule has 0 saturated carbocycles. The molecule has 5 heteroatoms. The molecular weight excluding hydrogens is 363 g/mol. The first-order chi connectivity index (χ1) is 12.9. The number of hydrogen-bond donors (Lipinski definition) is 2. The molecular formula is C22H26ClFN2O. The average molecular weight is 389 g/mol. The highest BCUT2D eigenvalue weighted by molar-refractivity contribution is 6.30. The van der Waals surface area contributed by atoms with Gasteiger partial charge in [0.05, 0.1) is 5.41 Å². The molecule has 0 bridgehead atoms. The van der Waals surface area contributed by atoms with Gasteiger partial charge >= 0.3 is 0 Å². The Morgan fingerprint density at radius 2 is 1.85 bits per heavy atom. The zero-order chi connectivity index (χ0) is 19.4. The summed E-state index contributed by atoms with van der Waals surface area (Å²) < 4.78 is 13.2. The van der Waals surface area contributed by atoms with Crippen molar-refractivity contribution in [1.29, 1.82) is 0 Å². The Balaban J connectivity index is 1.67. The van der Waals surface area contributed by atoms with Crippen LogP contribution in [-0.2, 0) is 10.2 Å². The van der Waals surface area contributed by atoms with E-state index in [0.29, 0.717) is 17.5 Å². The smallest absolute Gasteiger partial charge is 0.230 e. The SMILES string of the molecule is CC(C)(C(=O)NC[C@@H]1CNCC[C@@H]1c1ccc(F)cc1)c1ccc(Cl)cc1. The van der Waals surface area contributed by atoms with Crippen LogP contribution in [0.3, 0.4) is 0 Å². The van der Waals surface area contributed by atoms with Gasteiger partial charge in [0, 0.05) is 18.1 Å². The number of hydrogen-bond acceptors (Lipinski definition) is 2. The van der Waals surface area contributed by atoms with Crippen LogP contribution in [-0.4, -0.2) is 25.5 Å². The molecule has 1 heterocycles. The van der Waals surface area contributed by atoms with E-state index >= 15 is 0 Å². The van der Waals surface area contributed by atoms with Gasteiger partial charge in [-0.05, 0) is 74.0 Å². The maximum absolute atomic E-state index is 13.2. The average Bonchev–Trinajstić information content (AvgIpc) is 2.67. The lowest BCUT2D eigenvalue weighted by Gasteiger charge is -2.34. The highest BCUT2D eigenvalue weighted by Gasteiger charge is 2.32. The van der Waals surface area contributed by atoms with Crippen LogP contribution in [0.5, 0.6) is 0 Å². The fourth-order valence-electron chi connectivity index (χ4n) is 3.73. The van der Waals surface area contributed by atoms with Crippen molar-refractivity contribution in [2.24, 2.45) is 5.92 Å². The number of carbonyl (C=O) groups is 1. The third kappa shape index (κ3) is 4.69. The van der Waals surface area contributed by atoms with Crippen LogP contribution < -0.4 is 10.6 Å². The van der Waals surface area contributed by atoms with Crippen molar-refractivity contribution in [2.75, 3.05) is 19.6 Å². The Morgan fingerprint density at radius 3 is 2.52 bits per heavy atom. The Morgan fingerprint density at radius 1 is 1.19 bits per heavy atom. The van der Waals surface area contributed by atoms with Gasteiger partial charge in [-0.3, -0.25) is 4.79 Å². The lowest BCUT2D eigenvalue weighted by atomic mass is 9.80. The van der Waals surface area contributed by atoms with E-state index in [4.69, 9.17) is 11.6 Å². The molecule has 1 saturated heterocycles. The second-order valence-corrected chi connectivity index (χ2v) is 8.19. The molecule has 0 aromatic heterocycles. The zero-order valence-corrected chi connectivity index (χ0v) is 16.5. The van der Waals surface area contributed by atoms with Gasteiger partial charge in [0.25, 0.3) is 0 Å². The highest BCUT2D eigenvalue weighted by atomic mass is 35.5. The molecule has 27 heavy (non-hydrogen) atoms. The molecule has 0 spiro atoms. The molecule has 144 valence electrons. The summed E-state index contributed by atoms with van der Waals surface area (Å²) in [7, 11) is 0. The summed E-state index contributed by atoms with van der Waals surface area (Å²) in [5, 5.41) is 7.19. The second-order valence-electron chi connectivity index (χ2n) is 7.75. The van der Waals surface area contributed by atoms with E-state index in [1.165, 1.54) is 12.1 Å². The second kappa shape index (κ2) is 8.41. The number of benzene rings is 2. The van der Waals surface area contributed by atoms with Crippen LogP contribution in [0.25, 0.3) is 0 Å². The standard InChI is InChI=1S/C22H26ClFN2O/c1-22(2,17-5-7-18(23)8-6-17)21(27)26-14-16-13-25-12-11-20(16)15-3-9-19(24)10-4-15/h3-10,16,20,25H,11-14H2,1-2H3,(H,26,27)/t16-,20+/m0/s1. The van der Waals surface area contributed by atoms with Crippen molar-refractivity contribution in [1.82, 2.24) is 10.6 Å². The topological polar surface area (TPSA) is 41.1 Å². The van der Waals surface area contributed by atoms with Gasteiger partial charge < -0.3 is 10.6 Å². The summed E-state index contributed by atoms with van der Waals surface area (Å²) in [4.78, 5) is 12.9. The Bertz CT molecular complexity index is 774. The first-order valence-electron chi connectivity index (χ1n) is 9.38. The molecule has 1 amide bonds. The monoisotopic (exact) mass is 388 g/mol. The van der Waals surface area contributed by atoms with E-state index < -0.39 is 5.41 Å². The van der Waals surface area contributed by atoms with Gasteiger partial charge in [-0.25, -0.2) is 4.39 Å². The third-order valence-electron chi connectivity index (χ3n) is 5.56. The molecule has 3 nitrogen and oxygen atoms in total. The van der Waals surface area contributed by atoms with E-state index in [-0.39, 0.29) is 17.6 Å². The Labute approximate surface area is 165 Å². The van der Waals surface area contributed by atoms with Crippen LogP contribution >= 0.6 is 11.6 Å². The zero-order valence-electron chi connectivity index (χ0n) is 15.8. The predicted octanol–water partition coefficient (Wildman–Crippen LogP) is 4.27. The molecule has 2 aromatic rings. The van der Waals surface area contributed by atoms with Gasteiger partial charge in [0.15, 0.2) is 0 Å². The number of rotatable bonds is 5. The lowest BCUT2D eigenvalue weighted by molar-refractivity contribution is -0.125. The lowest BCUT2D eigenvalue weighted by Crippen LogP contribution is -2.46. The normalized spacial score (nSPS) is 20.3. The van der Waals surface area contributed by atoms with Crippen molar-refractivity contribution in [2.45, 2.75) is 31.6 Å². The molecule has 2 atom stereocenters. The maximum Gasteiger partial charge on any atom is 0.230 e. The minimum absolute atomic E-state index is 0.00625. The van der Waals surface area contributed by atoms with Crippen molar-refractivity contribution in [3.8, 4) is 0 Å². The minimum Gasteiger partial charge on any atom is -0.355 e. The maximum atomic E-state index is 13.2. The molecule has 2 N–H and O–H groups in total. The van der Waals surface area contributed by atoms with Crippen LogP contribution in [0, 0.1) is 11.7 Å². The highest BCUT2D eigenvalue weighted by Crippen LogP contribution is 2.31. The molecule has 3 rings (SSSR count). The molecule has 1 aliphatic heterocycles. The van der Waals surface area contributed by atoms with E-state index in [1.807, 2.05) is 50.2 Å². The van der Waals surface area contributed by atoms with Crippen molar-refractivity contribution >= 4 is 17.5 Å². The number of nitrogens with one attached hydrogen (secondary N) is 2. The van der Waals surface area contributed by atoms with Gasteiger partial charge in [-0.2, -0.15) is 0 Å². The minimum atomic E-state index is -0.641. The summed E-state index contributed by atoms with van der Waals surface area (Å²) in [6.07, 6.45) is 0.979. The fourth-order valence-corrected chi connectivity index (χ4v) is 3.85. The Hall–Kier alpha value is -1.91.